The molecule has 0 unspecified atom stereocenters. The van der Waals surface area contributed by atoms with Crippen LogP contribution in [0.1, 0.15) is 6.92 Å². The molecule has 3 N–H and O–H groups in total. The maximum absolute atomic E-state index is 11.8. The van der Waals surface area contributed by atoms with Crippen LogP contribution in [0.5, 0.6) is 5.75 Å². The predicted octanol–water partition coefficient (Wildman–Crippen LogP) is 2.23. The van der Waals surface area contributed by atoms with E-state index >= 15 is 0 Å². The number of hydrogen-bond acceptors (Lipinski definition) is 8. The Kier molecular flexibility index (Phi) is 6.38. The molecule has 8 nitrogen and oxygen atoms in total. The van der Waals surface area contributed by atoms with Crippen molar-refractivity contribution in [3.63, 3.8) is 0 Å². The van der Waals surface area contributed by atoms with Crippen LogP contribution in [0.15, 0.2) is 28.6 Å². The Balaban J connectivity index is 1.92. The third-order valence-electron chi connectivity index (χ3n) is 2.86. The maximum atomic E-state index is 11.8. The topological polar surface area (TPSA) is 105 Å². The number of ether oxygens (including phenoxy) is 1. The largest absolute Gasteiger partial charge is 0.497 e. The summed E-state index contributed by atoms with van der Waals surface area (Å²) in [6.07, 6.45) is 0. The fourth-order valence-corrected chi connectivity index (χ4v) is 3.50. The van der Waals surface area contributed by atoms with Gasteiger partial charge in [0.15, 0.2) is 4.34 Å². The molecule has 10 heteroatoms. The van der Waals surface area contributed by atoms with Crippen molar-refractivity contribution in [1.82, 2.24) is 20.8 Å². The van der Waals surface area contributed by atoms with Crippen molar-refractivity contribution in [1.29, 1.82) is 0 Å². The molecule has 1 aromatic heterocycles. The molecule has 0 bridgehead atoms. The van der Waals surface area contributed by atoms with E-state index in [-0.39, 0.29) is 5.91 Å². The van der Waals surface area contributed by atoms with Crippen LogP contribution in [-0.2, 0) is 4.79 Å². The molecule has 1 atom stereocenters. The van der Waals surface area contributed by atoms with Crippen molar-refractivity contribution in [2.75, 3.05) is 19.5 Å². The predicted molar refractivity (Wildman–Crippen MR) is 94.1 cm³/mol. The van der Waals surface area contributed by atoms with Gasteiger partial charge in [-0.15, -0.1) is 10.2 Å². The minimum atomic E-state index is -0.536. The van der Waals surface area contributed by atoms with Gasteiger partial charge in [0.2, 0.25) is 11.0 Å². The molecule has 1 heterocycles. The highest BCUT2D eigenvalue weighted by atomic mass is 32.2. The summed E-state index contributed by atoms with van der Waals surface area (Å²) in [7, 11) is 3.06. The Morgan fingerprint density at radius 2 is 1.96 bits per heavy atom. The number of rotatable bonds is 6. The first-order valence-corrected chi connectivity index (χ1v) is 8.65. The number of amides is 3. The summed E-state index contributed by atoms with van der Waals surface area (Å²) in [6.45, 7) is 1.70. The van der Waals surface area contributed by atoms with Crippen molar-refractivity contribution in [3.05, 3.63) is 24.3 Å². The average Bonchev–Trinajstić information content (AvgIpc) is 3.02. The van der Waals surface area contributed by atoms with E-state index in [9.17, 15) is 9.59 Å². The molecule has 0 spiro atoms. The van der Waals surface area contributed by atoms with Gasteiger partial charge in [0, 0.05) is 12.7 Å². The van der Waals surface area contributed by atoms with E-state index in [2.05, 4.69) is 26.1 Å². The smallest absolute Gasteiger partial charge is 0.321 e. The molecule has 2 rings (SSSR count). The van der Waals surface area contributed by atoms with Crippen LogP contribution in [-0.4, -0.2) is 41.5 Å². The zero-order valence-corrected chi connectivity index (χ0v) is 15.0. The quantitative estimate of drug-likeness (QED) is 0.672. The fraction of sp³-hybridized carbons (Fsp3) is 0.286. The molecule has 3 amide bonds. The number of hydrogen-bond donors (Lipinski definition) is 3. The number of imide groups is 1. The van der Waals surface area contributed by atoms with Crippen molar-refractivity contribution in [2.24, 2.45) is 0 Å². The minimum Gasteiger partial charge on any atom is -0.497 e. The molecule has 0 aliphatic rings. The van der Waals surface area contributed by atoms with Crippen molar-refractivity contribution >= 4 is 45.9 Å². The lowest BCUT2D eigenvalue weighted by Gasteiger charge is -2.08. The molecule has 0 saturated heterocycles. The SMILES string of the molecule is CNC(=O)NC(=O)[C@H](C)Sc1nnc(Nc2ccc(OC)cc2)s1. The highest BCUT2D eigenvalue weighted by Gasteiger charge is 2.18. The number of aromatic nitrogens is 2. The summed E-state index contributed by atoms with van der Waals surface area (Å²) in [6, 6.07) is 6.87. The normalized spacial score (nSPS) is 11.5. The number of anilines is 2. The lowest BCUT2D eigenvalue weighted by atomic mass is 10.3. The molecular formula is C14H17N5O3S2. The van der Waals surface area contributed by atoms with Gasteiger partial charge in [-0.3, -0.25) is 10.1 Å². The van der Waals surface area contributed by atoms with Crippen LogP contribution in [0, 0.1) is 0 Å². The number of methoxy groups -OCH3 is 1. The van der Waals surface area contributed by atoms with Crippen molar-refractivity contribution < 1.29 is 14.3 Å². The third kappa shape index (κ3) is 5.10. The van der Waals surface area contributed by atoms with Crippen LogP contribution in [0.4, 0.5) is 15.6 Å². The van der Waals surface area contributed by atoms with E-state index in [1.165, 1.54) is 30.1 Å². The zero-order chi connectivity index (χ0) is 17.5. The monoisotopic (exact) mass is 367 g/mol. The maximum Gasteiger partial charge on any atom is 0.321 e. The van der Waals surface area contributed by atoms with Gasteiger partial charge < -0.3 is 15.4 Å². The second-order valence-electron chi connectivity index (χ2n) is 4.56. The molecule has 0 aliphatic heterocycles. The van der Waals surface area contributed by atoms with Crippen molar-refractivity contribution in [3.8, 4) is 5.75 Å². The van der Waals surface area contributed by atoms with Gasteiger partial charge in [-0.25, -0.2) is 4.79 Å². The third-order valence-corrected chi connectivity index (χ3v) is 4.88. The van der Waals surface area contributed by atoms with Crippen LogP contribution >= 0.6 is 23.1 Å². The first-order chi connectivity index (χ1) is 11.5. The molecule has 0 saturated carbocycles. The van der Waals surface area contributed by atoms with Gasteiger partial charge in [-0.1, -0.05) is 23.1 Å². The van der Waals surface area contributed by atoms with Gasteiger partial charge >= 0.3 is 6.03 Å². The highest BCUT2D eigenvalue weighted by molar-refractivity contribution is 8.02. The van der Waals surface area contributed by atoms with Gasteiger partial charge in [0.1, 0.15) is 5.75 Å². The molecular weight excluding hydrogens is 350 g/mol. The van der Waals surface area contributed by atoms with E-state index in [1.54, 1.807) is 14.0 Å². The minimum absolute atomic E-state index is 0.390. The molecule has 0 radical (unpaired) electrons. The van der Waals surface area contributed by atoms with E-state index < -0.39 is 11.3 Å². The number of urea groups is 1. The van der Waals surface area contributed by atoms with E-state index in [0.717, 1.165) is 11.4 Å². The lowest BCUT2D eigenvalue weighted by molar-refractivity contribution is -0.119. The Morgan fingerprint density at radius 1 is 1.25 bits per heavy atom. The Bertz CT molecular complexity index is 705. The van der Waals surface area contributed by atoms with Gasteiger partial charge in [0.25, 0.3) is 0 Å². The Hall–Kier alpha value is -2.33. The highest BCUT2D eigenvalue weighted by Crippen LogP contribution is 2.30. The summed E-state index contributed by atoms with van der Waals surface area (Å²) in [5.74, 6) is 0.379. The van der Waals surface area contributed by atoms with E-state index in [1.807, 2.05) is 24.3 Å². The Morgan fingerprint density at radius 3 is 2.58 bits per heavy atom. The van der Waals surface area contributed by atoms with Crippen LogP contribution in [0.25, 0.3) is 0 Å². The number of nitrogens with one attached hydrogen (secondary N) is 3. The number of benzene rings is 1. The standard InChI is InChI=1S/C14H17N5O3S2/c1-8(11(20)17-12(21)15-2)23-14-19-18-13(24-14)16-9-4-6-10(22-3)7-5-9/h4-8H,1-3H3,(H,16,18)(H2,15,17,20,21)/t8-/m0/s1. The van der Waals surface area contributed by atoms with E-state index in [0.29, 0.717) is 9.47 Å². The molecule has 0 aliphatic carbocycles. The van der Waals surface area contributed by atoms with Gasteiger partial charge in [-0.05, 0) is 31.2 Å². The molecule has 2 aromatic rings. The van der Waals surface area contributed by atoms with Crippen molar-refractivity contribution in [2.45, 2.75) is 16.5 Å². The summed E-state index contributed by atoms with van der Waals surface area (Å²) < 4.78 is 5.73. The Labute approximate surface area is 147 Å². The fourth-order valence-electron chi connectivity index (χ4n) is 1.59. The summed E-state index contributed by atoms with van der Waals surface area (Å²) in [5, 5.41) is 15.9. The first-order valence-electron chi connectivity index (χ1n) is 6.95. The lowest BCUT2D eigenvalue weighted by Crippen LogP contribution is -2.41. The summed E-state index contributed by atoms with van der Waals surface area (Å²) >= 11 is 2.56. The molecule has 0 fully saturated rings. The number of carbonyl (C=O) groups is 2. The first kappa shape index (κ1) is 18.0. The van der Waals surface area contributed by atoms with Gasteiger partial charge in [0.05, 0.1) is 12.4 Å². The van der Waals surface area contributed by atoms with Crippen LogP contribution in [0.2, 0.25) is 0 Å². The molecule has 128 valence electrons. The van der Waals surface area contributed by atoms with Crippen LogP contribution < -0.4 is 20.7 Å². The zero-order valence-electron chi connectivity index (χ0n) is 13.3. The van der Waals surface area contributed by atoms with Gasteiger partial charge in [-0.2, -0.15) is 0 Å². The second-order valence-corrected chi connectivity index (χ2v) is 7.12. The second kappa shape index (κ2) is 8.50. The summed E-state index contributed by atoms with van der Waals surface area (Å²) in [4.78, 5) is 22.9. The number of thioether (sulfide) groups is 1. The number of nitrogens with zero attached hydrogens (tertiary/aromatic N) is 2. The van der Waals surface area contributed by atoms with E-state index in [4.69, 9.17) is 4.74 Å². The molecule has 24 heavy (non-hydrogen) atoms. The average molecular weight is 367 g/mol. The summed E-state index contributed by atoms with van der Waals surface area (Å²) in [5.41, 5.74) is 0.855. The number of carbonyl (C=O) groups excluding carboxylic acids is 2. The molecule has 1 aromatic carbocycles. The van der Waals surface area contributed by atoms with Crippen LogP contribution in [0.3, 0.4) is 0 Å².